The molecule has 3 fully saturated rings. The van der Waals surface area contributed by atoms with Crippen LogP contribution in [0.3, 0.4) is 0 Å². The maximum absolute atomic E-state index is 12.6. The summed E-state index contributed by atoms with van der Waals surface area (Å²) in [7, 11) is 4.83. The van der Waals surface area contributed by atoms with Crippen LogP contribution >= 0.6 is 0 Å². The Morgan fingerprint density at radius 2 is 1.58 bits per heavy atom. The molecule has 6 N–H and O–H groups in total. The SMILES string of the molecule is CCC.CN(C)CCN(C)C(=O)OCc1ccc(NC(=O)CNC(=O)C2CCCN2C(=O)C(CC(N)=O)NO)cc1.O=CN(C(=O)C1CC1)c1nc2cccc(-c3ccc(CN4CCS(=O)CC4)cc3)n2n1.[Y]. The van der Waals surface area contributed by atoms with Crippen LogP contribution in [0.25, 0.3) is 16.9 Å². The fourth-order valence-electron chi connectivity index (χ4n) is 7.58. The second kappa shape index (κ2) is 30.0. The molecule has 3 aliphatic rings. The quantitative estimate of drug-likeness (QED) is 0.0666. The molecule has 0 spiro atoms. The molecule has 2 atom stereocenters. The third kappa shape index (κ3) is 18.4. The Morgan fingerprint density at radius 1 is 0.918 bits per heavy atom. The number of nitrogens with zero attached hydrogens (tertiary/aromatic N) is 8. The second-order valence-corrected chi connectivity index (χ2v) is 19.7. The summed E-state index contributed by atoms with van der Waals surface area (Å²) in [5.41, 5.74) is 11.7. The minimum Gasteiger partial charge on any atom is -0.445 e. The van der Waals surface area contributed by atoms with Crippen LogP contribution < -0.4 is 26.7 Å². The van der Waals surface area contributed by atoms with E-state index in [1.807, 2.05) is 43.3 Å². The van der Waals surface area contributed by atoms with Crippen molar-refractivity contribution in [3.63, 3.8) is 0 Å². The van der Waals surface area contributed by atoms with Crippen molar-refractivity contribution >= 4 is 70.1 Å². The molecule has 24 heteroatoms. The number of primary amides is 1. The summed E-state index contributed by atoms with van der Waals surface area (Å²) in [4.78, 5) is 97.1. The number of rotatable bonds is 19. The van der Waals surface area contributed by atoms with Gasteiger partial charge in [0.25, 0.3) is 5.95 Å². The third-order valence-corrected chi connectivity index (χ3v) is 13.0. The van der Waals surface area contributed by atoms with E-state index < -0.39 is 59.0 Å². The molecule has 1 aliphatic carbocycles. The first-order valence-corrected chi connectivity index (χ1v) is 25.5. The van der Waals surface area contributed by atoms with Gasteiger partial charge in [-0.25, -0.2) is 14.2 Å². The van der Waals surface area contributed by atoms with Gasteiger partial charge >= 0.3 is 6.09 Å². The smallest absolute Gasteiger partial charge is 0.409 e. The standard InChI is InChI=1S/C24H37N7O7.C22H23N5O3S.C3H8.Y/c1-29(2)11-12-30(3)24(36)38-15-16-6-8-17(9-7-16)27-21(33)14-26-22(34)19-5-4-10-31(19)23(35)18(28-37)13-20(25)32;28-15-26(21(29)18-8-9-18)22-23-20-3-1-2-19(27(20)24-22)17-6-4-16(5-7-17)14-25-10-12-31(30)13-11-25;1-3-2;/h6-9,18-19,28,37H,4-5,10-15H2,1-3H3,(H2,25,32)(H,26,34)(H,27,33);1-7,15,18H,8-14H2;3H2,1-2H3;. The van der Waals surface area contributed by atoms with Gasteiger partial charge in [-0.2, -0.15) is 10.5 Å². The summed E-state index contributed by atoms with van der Waals surface area (Å²) in [6.07, 6.45) is 3.45. The van der Waals surface area contributed by atoms with Gasteiger partial charge in [-0.05, 0) is 75.2 Å². The van der Waals surface area contributed by atoms with Gasteiger partial charge in [0.15, 0.2) is 5.65 Å². The molecule has 7 rings (SSSR count). The van der Waals surface area contributed by atoms with E-state index in [0.717, 1.165) is 72.2 Å². The molecule has 4 aromatic rings. The summed E-state index contributed by atoms with van der Waals surface area (Å²) < 4.78 is 18.5. The number of nitrogens with two attached hydrogens (primary N) is 1. The zero-order valence-electron chi connectivity index (χ0n) is 42.2. The van der Waals surface area contributed by atoms with Crippen LogP contribution in [0.15, 0.2) is 66.7 Å². The van der Waals surface area contributed by atoms with Crippen molar-refractivity contribution in [2.45, 2.75) is 77.6 Å². The number of likely N-dealkylation sites (tertiary alicyclic amines) is 1. The number of anilines is 2. The topological polar surface area (TPSA) is 275 Å². The molecule has 0 bridgehead atoms. The molecule has 2 aromatic carbocycles. The summed E-state index contributed by atoms with van der Waals surface area (Å²) in [5.74, 6) is -1.13. The van der Waals surface area contributed by atoms with Gasteiger partial charge in [-0.3, -0.25) is 37.9 Å². The van der Waals surface area contributed by atoms with Gasteiger partial charge in [0.1, 0.15) is 18.7 Å². The molecule has 22 nitrogen and oxygen atoms in total. The number of carbonyl (C=O) groups excluding carboxylic acids is 7. The van der Waals surface area contributed by atoms with Crippen molar-refractivity contribution in [2.75, 3.05) is 82.1 Å². The molecule has 4 heterocycles. The van der Waals surface area contributed by atoms with Crippen LogP contribution in [0.4, 0.5) is 16.4 Å². The molecule has 2 unspecified atom stereocenters. The van der Waals surface area contributed by atoms with Gasteiger partial charge in [0, 0.05) is 118 Å². The summed E-state index contributed by atoms with van der Waals surface area (Å²) in [6.45, 7) is 8.11. The summed E-state index contributed by atoms with van der Waals surface area (Å²) in [5, 5.41) is 18.8. The second-order valence-electron chi connectivity index (χ2n) is 18.0. The molecule has 2 aliphatic heterocycles. The monoisotopic (exact) mass is 1110 g/mol. The summed E-state index contributed by atoms with van der Waals surface area (Å²) >= 11 is 0. The number of likely N-dealkylation sites (N-methyl/N-ethyl adjacent to an activating group) is 2. The number of fused-ring (bicyclic) bond motifs is 1. The normalized spacial score (nSPS) is 15.9. The molecule has 393 valence electrons. The number of nitrogens with one attached hydrogen (secondary N) is 3. The van der Waals surface area contributed by atoms with Crippen molar-refractivity contribution in [1.29, 1.82) is 0 Å². The minimum atomic E-state index is -1.25. The fourth-order valence-corrected chi connectivity index (χ4v) is 8.70. The Bertz CT molecular complexity index is 2500. The molecule has 1 radical (unpaired) electrons. The summed E-state index contributed by atoms with van der Waals surface area (Å²) in [6, 6.07) is 18.5. The first kappa shape index (κ1) is 60.0. The van der Waals surface area contributed by atoms with Crippen LogP contribution in [0, 0.1) is 5.92 Å². The maximum Gasteiger partial charge on any atom is 0.409 e. The fraction of sp³-hybridized carbons (Fsp3) is 0.490. The van der Waals surface area contributed by atoms with Crippen LogP contribution in [-0.2, 0) is 90.2 Å². The molecule has 2 aromatic heterocycles. The number of hydroxylamine groups is 1. The predicted octanol–water partition coefficient (Wildman–Crippen LogP) is 2.36. The number of aromatic nitrogens is 3. The molecule has 7 amide bonds. The number of hydrogen-bond donors (Lipinski definition) is 5. The van der Waals surface area contributed by atoms with E-state index in [4.69, 9.17) is 10.5 Å². The van der Waals surface area contributed by atoms with Gasteiger partial charge in [0.2, 0.25) is 35.9 Å². The average molecular weight is 1110 g/mol. The number of carbonyl (C=O) groups is 7. The van der Waals surface area contributed by atoms with Crippen LogP contribution in [0.5, 0.6) is 0 Å². The molecule has 2 saturated heterocycles. The Labute approximate surface area is 453 Å². The first-order chi connectivity index (χ1) is 34.5. The van der Waals surface area contributed by atoms with Gasteiger partial charge < -0.3 is 41.0 Å². The van der Waals surface area contributed by atoms with Gasteiger partial charge in [0.05, 0.1) is 18.7 Å². The van der Waals surface area contributed by atoms with Gasteiger partial charge in [-0.1, -0.05) is 62.7 Å². The van der Waals surface area contributed by atoms with Crippen LogP contribution in [0.1, 0.15) is 63.5 Å². The predicted molar refractivity (Wildman–Crippen MR) is 271 cm³/mol. The van der Waals surface area contributed by atoms with Crippen molar-refractivity contribution in [2.24, 2.45) is 11.7 Å². The maximum atomic E-state index is 12.6. The average Bonchev–Trinajstić information content (AvgIpc) is 3.94. The van der Waals surface area contributed by atoms with Crippen LogP contribution in [0.2, 0.25) is 0 Å². The zero-order valence-corrected chi connectivity index (χ0v) is 45.9. The minimum absolute atomic E-state index is 0. The van der Waals surface area contributed by atoms with E-state index in [1.165, 1.54) is 21.8 Å². The Hall–Kier alpha value is -5.56. The number of pyridine rings is 1. The largest absolute Gasteiger partial charge is 0.445 e. The van der Waals surface area contributed by atoms with Crippen LogP contribution in [-0.4, -0.2) is 170 Å². The zero-order chi connectivity index (χ0) is 52.3. The van der Waals surface area contributed by atoms with E-state index in [1.54, 1.807) is 47.4 Å². The Balaban J connectivity index is 0.000000300. The molecule has 73 heavy (non-hydrogen) atoms. The molecular formula is C49H68N12O10SY. The van der Waals surface area contributed by atoms with Gasteiger partial charge in [-0.15, -0.1) is 5.10 Å². The molecular weight excluding hydrogens is 1040 g/mol. The van der Waals surface area contributed by atoms with E-state index in [9.17, 15) is 43.0 Å². The van der Waals surface area contributed by atoms with Crippen molar-refractivity contribution < 1.29 is 80.4 Å². The first-order valence-electron chi connectivity index (χ1n) is 24.0. The van der Waals surface area contributed by atoms with Crippen molar-refractivity contribution in [1.82, 2.24) is 45.0 Å². The Kier molecular flexibility index (Phi) is 24.6. The number of imide groups is 1. The third-order valence-electron chi connectivity index (χ3n) is 11.7. The Morgan fingerprint density at radius 3 is 2.18 bits per heavy atom. The van der Waals surface area contributed by atoms with E-state index >= 15 is 0 Å². The molecule has 1 saturated carbocycles. The number of benzene rings is 2. The van der Waals surface area contributed by atoms with E-state index in [-0.39, 0.29) is 70.2 Å². The van der Waals surface area contributed by atoms with Crippen molar-refractivity contribution in [3.05, 3.63) is 77.9 Å². The van der Waals surface area contributed by atoms with Crippen molar-refractivity contribution in [3.8, 4) is 11.3 Å². The number of ether oxygens (including phenoxy) is 1. The number of amides is 7. The van der Waals surface area contributed by atoms with E-state index in [2.05, 4.69) is 51.6 Å². The number of hydrogen-bond acceptors (Lipinski definition) is 15. The van der Waals surface area contributed by atoms with E-state index in [0.29, 0.717) is 37.1 Å².